The Labute approximate surface area is 110 Å². The lowest BCUT2D eigenvalue weighted by Gasteiger charge is -2.01. The van der Waals surface area contributed by atoms with Crippen molar-refractivity contribution in [3.63, 3.8) is 0 Å². The minimum atomic E-state index is -0.365. The van der Waals surface area contributed by atoms with E-state index in [2.05, 4.69) is 31.4 Å². The van der Waals surface area contributed by atoms with Crippen molar-refractivity contribution in [1.29, 1.82) is 0 Å². The van der Waals surface area contributed by atoms with Gasteiger partial charge in [0.15, 0.2) is 0 Å². The SMILES string of the molecule is Fc1cc(Nc2nnc(CCCl)o2)ccc1Br. The monoisotopic (exact) mass is 319 g/mol. The van der Waals surface area contributed by atoms with Gasteiger partial charge in [0.25, 0.3) is 0 Å². The molecule has 90 valence electrons. The van der Waals surface area contributed by atoms with Crippen molar-refractivity contribution in [2.45, 2.75) is 6.42 Å². The average Bonchev–Trinajstić information content (AvgIpc) is 2.72. The molecule has 4 nitrogen and oxygen atoms in total. The number of hydrogen-bond acceptors (Lipinski definition) is 4. The average molecular weight is 321 g/mol. The number of hydrogen-bond donors (Lipinski definition) is 1. The van der Waals surface area contributed by atoms with Gasteiger partial charge in [0.2, 0.25) is 5.89 Å². The molecule has 0 saturated carbocycles. The molecule has 0 atom stereocenters. The summed E-state index contributed by atoms with van der Waals surface area (Å²) in [6, 6.07) is 4.83. The predicted octanol–water partition coefficient (Wildman–Crippen LogP) is 3.50. The van der Waals surface area contributed by atoms with E-state index in [0.717, 1.165) is 0 Å². The summed E-state index contributed by atoms with van der Waals surface area (Å²) in [5, 5.41) is 10.3. The highest BCUT2D eigenvalue weighted by Crippen LogP contribution is 2.21. The Hall–Kier alpha value is -1.14. The molecule has 1 aromatic heterocycles. The predicted molar refractivity (Wildman–Crippen MR) is 66.1 cm³/mol. The summed E-state index contributed by atoms with van der Waals surface area (Å²) in [7, 11) is 0. The number of nitrogens with one attached hydrogen (secondary N) is 1. The summed E-state index contributed by atoms with van der Waals surface area (Å²) in [6.07, 6.45) is 0.505. The molecule has 0 aliphatic heterocycles. The molecule has 17 heavy (non-hydrogen) atoms. The molecule has 7 heteroatoms. The Kier molecular flexibility index (Phi) is 3.96. The summed E-state index contributed by atoms with van der Waals surface area (Å²) in [4.78, 5) is 0. The van der Waals surface area contributed by atoms with Gasteiger partial charge in [-0.2, -0.15) is 0 Å². The zero-order chi connectivity index (χ0) is 12.3. The molecule has 1 N–H and O–H groups in total. The number of alkyl halides is 1. The first kappa shape index (κ1) is 12.3. The van der Waals surface area contributed by atoms with Gasteiger partial charge in [-0.1, -0.05) is 5.10 Å². The first-order valence-electron chi connectivity index (χ1n) is 4.79. The molecule has 0 aliphatic carbocycles. The van der Waals surface area contributed by atoms with Gasteiger partial charge >= 0.3 is 6.01 Å². The van der Waals surface area contributed by atoms with Gasteiger partial charge in [0.1, 0.15) is 5.82 Å². The molecule has 0 radical (unpaired) electrons. The second-order valence-corrected chi connectivity index (χ2v) is 4.43. The van der Waals surface area contributed by atoms with Crippen LogP contribution in [-0.2, 0) is 6.42 Å². The van der Waals surface area contributed by atoms with E-state index < -0.39 is 0 Å². The lowest BCUT2D eigenvalue weighted by atomic mass is 10.3. The van der Waals surface area contributed by atoms with E-state index >= 15 is 0 Å². The minimum Gasteiger partial charge on any atom is -0.408 e. The normalized spacial score (nSPS) is 10.5. The number of nitrogens with zero attached hydrogens (tertiary/aromatic N) is 2. The largest absolute Gasteiger partial charge is 0.408 e. The van der Waals surface area contributed by atoms with E-state index in [-0.39, 0.29) is 11.8 Å². The van der Waals surface area contributed by atoms with E-state index in [1.165, 1.54) is 6.07 Å². The fourth-order valence-corrected chi connectivity index (χ4v) is 1.59. The third-order valence-electron chi connectivity index (χ3n) is 1.95. The van der Waals surface area contributed by atoms with Crippen molar-refractivity contribution < 1.29 is 8.81 Å². The van der Waals surface area contributed by atoms with Crippen LogP contribution in [0.2, 0.25) is 0 Å². The van der Waals surface area contributed by atoms with Gasteiger partial charge < -0.3 is 9.73 Å². The Morgan fingerprint density at radius 1 is 1.41 bits per heavy atom. The topological polar surface area (TPSA) is 51.0 Å². The molecule has 0 aliphatic rings. The molecule has 0 fully saturated rings. The summed E-state index contributed by atoms with van der Waals surface area (Å²) < 4.78 is 18.9. The van der Waals surface area contributed by atoms with Crippen molar-refractivity contribution in [2.75, 3.05) is 11.2 Å². The third-order valence-corrected chi connectivity index (χ3v) is 2.78. The molecule has 0 bridgehead atoms. The molecule has 0 saturated heterocycles. The van der Waals surface area contributed by atoms with Crippen LogP contribution < -0.4 is 5.32 Å². The summed E-state index contributed by atoms with van der Waals surface area (Å²) in [5.74, 6) is 0.490. The number of anilines is 2. The first-order chi connectivity index (χ1) is 8.19. The standard InChI is InChI=1S/C10H8BrClFN3O/c11-7-2-1-6(5-8(7)13)14-10-16-15-9(17-10)3-4-12/h1-2,5H,3-4H2,(H,14,16). The van der Waals surface area contributed by atoms with Crippen molar-refractivity contribution >= 4 is 39.2 Å². The van der Waals surface area contributed by atoms with Crippen LogP contribution in [0, 0.1) is 5.82 Å². The van der Waals surface area contributed by atoms with Crippen LogP contribution in [0.25, 0.3) is 0 Å². The molecule has 0 spiro atoms. The zero-order valence-corrected chi connectivity index (χ0v) is 10.9. The third kappa shape index (κ3) is 3.17. The van der Waals surface area contributed by atoms with Gasteiger partial charge in [-0.15, -0.1) is 16.7 Å². The Bertz CT molecular complexity index is 520. The highest BCUT2D eigenvalue weighted by Gasteiger charge is 2.07. The van der Waals surface area contributed by atoms with Crippen molar-refractivity contribution in [1.82, 2.24) is 10.2 Å². The second-order valence-electron chi connectivity index (χ2n) is 3.19. The van der Waals surface area contributed by atoms with Crippen molar-refractivity contribution in [3.05, 3.63) is 34.4 Å². The van der Waals surface area contributed by atoms with Crippen LogP contribution in [0.5, 0.6) is 0 Å². The van der Waals surface area contributed by atoms with Crippen molar-refractivity contribution in [2.24, 2.45) is 0 Å². The molecule has 2 rings (SSSR count). The lowest BCUT2D eigenvalue weighted by molar-refractivity contribution is 0.516. The number of halogens is 3. The van der Waals surface area contributed by atoms with Crippen LogP contribution in [0.1, 0.15) is 5.89 Å². The lowest BCUT2D eigenvalue weighted by Crippen LogP contribution is -1.91. The van der Waals surface area contributed by atoms with Gasteiger partial charge in [-0.05, 0) is 34.1 Å². The molecule has 2 aromatic rings. The van der Waals surface area contributed by atoms with E-state index in [9.17, 15) is 4.39 Å². The number of aromatic nitrogens is 2. The smallest absolute Gasteiger partial charge is 0.320 e. The maximum atomic E-state index is 13.2. The van der Waals surface area contributed by atoms with Gasteiger partial charge in [0, 0.05) is 18.0 Å². The van der Waals surface area contributed by atoms with Gasteiger partial charge in [0.05, 0.1) is 4.47 Å². The number of rotatable bonds is 4. The molecule has 0 amide bonds. The van der Waals surface area contributed by atoms with Crippen LogP contribution in [0.3, 0.4) is 0 Å². The van der Waals surface area contributed by atoms with Crippen LogP contribution in [0.4, 0.5) is 16.1 Å². The molecule has 1 heterocycles. The maximum absolute atomic E-state index is 13.2. The first-order valence-corrected chi connectivity index (χ1v) is 6.12. The van der Waals surface area contributed by atoms with Gasteiger partial charge in [-0.25, -0.2) is 4.39 Å². The second kappa shape index (κ2) is 5.46. The van der Waals surface area contributed by atoms with Gasteiger partial charge in [-0.3, -0.25) is 0 Å². The summed E-state index contributed by atoms with van der Waals surface area (Å²) in [5.41, 5.74) is 0.534. The fourth-order valence-electron chi connectivity index (χ4n) is 1.18. The van der Waals surface area contributed by atoms with Crippen LogP contribution in [-0.4, -0.2) is 16.1 Å². The number of benzene rings is 1. The molecule has 1 aromatic carbocycles. The Balaban J connectivity index is 2.11. The number of aryl methyl sites for hydroxylation is 1. The van der Waals surface area contributed by atoms with E-state index in [0.29, 0.717) is 28.4 Å². The fraction of sp³-hybridized carbons (Fsp3) is 0.200. The molecule has 0 unspecified atom stereocenters. The van der Waals surface area contributed by atoms with E-state index in [1.54, 1.807) is 12.1 Å². The van der Waals surface area contributed by atoms with Crippen molar-refractivity contribution in [3.8, 4) is 0 Å². The van der Waals surface area contributed by atoms with Crippen LogP contribution >= 0.6 is 27.5 Å². The van der Waals surface area contributed by atoms with Crippen LogP contribution in [0.15, 0.2) is 27.1 Å². The Morgan fingerprint density at radius 3 is 2.94 bits per heavy atom. The zero-order valence-electron chi connectivity index (χ0n) is 8.58. The minimum absolute atomic E-state index is 0.215. The molecular weight excluding hydrogens is 312 g/mol. The Morgan fingerprint density at radius 2 is 2.24 bits per heavy atom. The molecular formula is C10H8BrClFN3O. The quantitative estimate of drug-likeness (QED) is 0.876. The highest BCUT2D eigenvalue weighted by molar-refractivity contribution is 9.10. The summed E-state index contributed by atoms with van der Waals surface area (Å²) >= 11 is 8.61. The summed E-state index contributed by atoms with van der Waals surface area (Å²) in [6.45, 7) is 0. The van der Waals surface area contributed by atoms with E-state index in [4.69, 9.17) is 16.0 Å². The highest BCUT2D eigenvalue weighted by atomic mass is 79.9. The van der Waals surface area contributed by atoms with E-state index in [1.807, 2.05) is 0 Å². The maximum Gasteiger partial charge on any atom is 0.320 e.